The van der Waals surface area contributed by atoms with Crippen LogP contribution in [0.5, 0.6) is 0 Å². The van der Waals surface area contributed by atoms with Crippen LogP contribution in [-0.2, 0) is 0 Å². The predicted molar refractivity (Wildman–Crippen MR) is 77.1 cm³/mol. The SMILES string of the molecule is CC1CC(NCCCN2CCN(C)CC2)CN1C. The molecule has 4 heteroatoms. The minimum atomic E-state index is 0.720. The zero-order valence-electron chi connectivity index (χ0n) is 12.4. The lowest BCUT2D eigenvalue weighted by Crippen LogP contribution is -2.45. The third kappa shape index (κ3) is 4.19. The first kappa shape index (κ1) is 14.3. The van der Waals surface area contributed by atoms with Gasteiger partial charge in [0.15, 0.2) is 0 Å². The van der Waals surface area contributed by atoms with Gasteiger partial charge in [0.05, 0.1) is 0 Å². The Hall–Kier alpha value is -0.160. The summed E-state index contributed by atoms with van der Waals surface area (Å²) in [5.41, 5.74) is 0. The zero-order valence-corrected chi connectivity index (χ0v) is 12.4. The Morgan fingerprint density at radius 1 is 1.11 bits per heavy atom. The molecule has 0 aromatic carbocycles. The molecule has 2 rings (SSSR count). The van der Waals surface area contributed by atoms with Gasteiger partial charge in [-0.3, -0.25) is 0 Å². The molecule has 2 unspecified atom stereocenters. The van der Waals surface area contributed by atoms with E-state index < -0.39 is 0 Å². The van der Waals surface area contributed by atoms with Crippen LogP contribution in [0.25, 0.3) is 0 Å². The molecule has 106 valence electrons. The van der Waals surface area contributed by atoms with Crippen molar-refractivity contribution in [2.24, 2.45) is 0 Å². The average molecular weight is 254 g/mol. The predicted octanol–water partition coefficient (Wildman–Crippen LogP) is 0.306. The third-order valence-corrected chi connectivity index (χ3v) is 4.57. The fraction of sp³-hybridized carbons (Fsp3) is 1.00. The Labute approximate surface area is 112 Å². The molecule has 0 amide bonds. The molecule has 0 aromatic rings. The molecule has 0 aromatic heterocycles. The van der Waals surface area contributed by atoms with Crippen molar-refractivity contribution < 1.29 is 0 Å². The van der Waals surface area contributed by atoms with Crippen LogP contribution in [0.15, 0.2) is 0 Å². The van der Waals surface area contributed by atoms with Crippen LogP contribution in [0.1, 0.15) is 19.8 Å². The van der Waals surface area contributed by atoms with Gasteiger partial charge < -0.3 is 20.0 Å². The summed E-state index contributed by atoms with van der Waals surface area (Å²) in [5, 5.41) is 3.71. The van der Waals surface area contributed by atoms with Gasteiger partial charge in [0, 0.05) is 44.8 Å². The summed E-state index contributed by atoms with van der Waals surface area (Å²) in [6.07, 6.45) is 2.60. The van der Waals surface area contributed by atoms with Crippen LogP contribution < -0.4 is 5.32 Å². The molecular formula is C14H30N4. The first-order chi connectivity index (χ1) is 8.65. The third-order valence-electron chi connectivity index (χ3n) is 4.57. The van der Waals surface area contributed by atoms with E-state index in [9.17, 15) is 0 Å². The summed E-state index contributed by atoms with van der Waals surface area (Å²) in [5.74, 6) is 0. The smallest absolute Gasteiger partial charge is 0.0209 e. The van der Waals surface area contributed by atoms with Crippen LogP contribution in [0.4, 0.5) is 0 Å². The number of nitrogens with one attached hydrogen (secondary N) is 1. The lowest BCUT2D eigenvalue weighted by atomic mass is 10.2. The summed E-state index contributed by atoms with van der Waals surface area (Å²) >= 11 is 0. The van der Waals surface area contributed by atoms with Gasteiger partial charge in [-0.2, -0.15) is 0 Å². The van der Waals surface area contributed by atoms with Crippen LogP contribution in [0, 0.1) is 0 Å². The van der Waals surface area contributed by atoms with E-state index in [1.54, 1.807) is 0 Å². The van der Waals surface area contributed by atoms with E-state index in [0.29, 0.717) is 0 Å². The standard InChI is InChI=1S/C14H30N4/c1-13-11-14(12-17(13)3)15-5-4-6-18-9-7-16(2)8-10-18/h13-15H,4-12H2,1-3H3. The number of rotatable bonds is 5. The minimum Gasteiger partial charge on any atom is -0.313 e. The second-order valence-corrected chi connectivity index (χ2v) is 6.17. The average Bonchev–Trinajstić information content (AvgIpc) is 2.67. The Balaban J connectivity index is 1.51. The van der Waals surface area contributed by atoms with Gasteiger partial charge in [0.2, 0.25) is 0 Å². The lowest BCUT2D eigenvalue weighted by molar-refractivity contribution is 0.152. The van der Waals surface area contributed by atoms with Gasteiger partial charge in [-0.1, -0.05) is 0 Å². The molecular weight excluding hydrogens is 224 g/mol. The van der Waals surface area contributed by atoms with E-state index in [0.717, 1.165) is 12.1 Å². The van der Waals surface area contributed by atoms with E-state index in [2.05, 4.69) is 41.0 Å². The minimum absolute atomic E-state index is 0.720. The number of hydrogen-bond donors (Lipinski definition) is 1. The molecule has 2 aliphatic heterocycles. The van der Waals surface area contributed by atoms with Crippen molar-refractivity contribution in [3.8, 4) is 0 Å². The van der Waals surface area contributed by atoms with Gasteiger partial charge in [0.1, 0.15) is 0 Å². The first-order valence-electron chi connectivity index (χ1n) is 7.49. The summed E-state index contributed by atoms with van der Waals surface area (Å²) in [6.45, 7) is 11.0. The van der Waals surface area contributed by atoms with E-state index >= 15 is 0 Å². The molecule has 0 bridgehead atoms. The highest BCUT2D eigenvalue weighted by Crippen LogP contribution is 2.14. The van der Waals surface area contributed by atoms with Crippen LogP contribution >= 0.6 is 0 Å². The number of likely N-dealkylation sites (tertiary alicyclic amines) is 1. The summed E-state index contributed by atoms with van der Waals surface area (Å²) in [7, 11) is 4.45. The Bertz CT molecular complexity index is 228. The molecule has 0 saturated carbocycles. The van der Waals surface area contributed by atoms with Gasteiger partial charge in [-0.05, 0) is 47.0 Å². The molecule has 1 N–H and O–H groups in total. The van der Waals surface area contributed by atoms with E-state index in [1.807, 2.05) is 0 Å². The highest BCUT2D eigenvalue weighted by atomic mass is 15.2. The van der Waals surface area contributed by atoms with E-state index in [4.69, 9.17) is 0 Å². The Morgan fingerprint density at radius 2 is 1.83 bits per heavy atom. The van der Waals surface area contributed by atoms with E-state index in [-0.39, 0.29) is 0 Å². The number of likely N-dealkylation sites (N-methyl/N-ethyl adjacent to an activating group) is 2. The normalized spacial score (nSPS) is 32.2. The monoisotopic (exact) mass is 254 g/mol. The number of nitrogens with zero attached hydrogens (tertiary/aromatic N) is 3. The highest BCUT2D eigenvalue weighted by Gasteiger charge is 2.25. The van der Waals surface area contributed by atoms with Crippen molar-refractivity contribution >= 4 is 0 Å². The summed E-state index contributed by atoms with van der Waals surface area (Å²) in [6, 6.07) is 1.47. The maximum Gasteiger partial charge on any atom is 0.0209 e. The molecule has 4 nitrogen and oxygen atoms in total. The van der Waals surface area contributed by atoms with Crippen molar-refractivity contribution in [1.82, 2.24) is 20.0 Å². The Kier molecular flexibility index (Phi) is 5.42. The summed E-state index contributed by atoms with van der Waals surface area (Å²) in [4.78, 5) is 7.48. The molecule has 2 fully saturated rings. The quantitative estimate of drug-likeness (QED) is 0.713. The maximum atomic E-state index is 3.71. The topological polar surface area (TPSA) is 21.8 Å². The van der Waals surface area contributed by atoms with Crippen LogP contribution in [0.2, 0.25) is 0 Å². The molecule has 0 aliphatic carbocycles. The molecule has 18 heavy (non-hydrogen) atoms. The van der Waals surface area contributed by atoms with Gasteiger partial charge >= 0.3 is 0 Å². The lowest BCUT2D eigenvalue weighted by Gasteiger charge is -2.32. The van der Waals surface area contributed by atoms with Gasteiger partial charge in [0.25, 0.3) is 0 Å². The largest absolute Gasteiger partial charge is 0.313 e. The number of piperazine rings is 1. The second-order valence-electron chi connectivity index (χ2n) is 6.17. The fourth-order valence-corrected chi connectivity index (χ4v) is 3.02. The fourth-order valence-electron chi connectivity index (χ4n) is 3.02. The van der Waals surface area contributed by atoms with Crippen LogP contribution in [0.3, 0.4) is 0 Å². The molecule has 2 saturated heterocycles. The maximum absolute atomic E-state index is 3.71. The second kappa shape index (κ2) is 6.85. The van der Waals surface area contributed by atoms with Gasteiger partial charge in [-0.15, -0.1) is 0 Å². The van der Waals surface area contributed by atoms with Crippen LogP contribution in [-0.4, -0.2) is 86.7 Å². The van der Waals surface area contributed by atoms with E-state index in [1.165, 1.54) is 58.7 Å². The molecule has 0 radical (unpaired) electrons. The number of hydrogen-bond acceptors (Lipinski definition) is 4. The molecule has 2 heterocycles. The van der Waals surface area contributed by atoms with Crippen molar-refractivity contribution in [2.45, 2.75) is 31.8 Å². The summed E-state index contributed by atoms with van der Waals surface area (Å²) < 4.78 is 0. The molecule has 2 aliphatic rings. The van der Waals surface area contributed by atoms with Gasteiger partial charge in [-0.25, -0.2) is 0 Å². The highest BCUT2D eigenvalue weighted by molar-refractivity contribution is 4.84. The zero-order chi connectivity index (χ0) is 13.0. The molecule has 0 spiro atoms. The van der Waals surface area contributed by atoms with Crippen molar-refractivity contribution in [1.29, 1.82) is 0 Å². The Morgan fingerprint density at radius 3 is 2.44 bits per heavy atom. The van der Waals surface area contributed by atoms with Crippen molar-refractivity contribution in [3.63, 3.8) is 0 Å². The first-order valence-corrected chi connectivity index (χ1v) is 7.49. The van der Waals surface area contributed by atoms with Crippen molar-refractivity contribution in [2.75, 3.05) is 59.9 Å². The van der Waals surface area contributed by atoms with Crippen molar-refractivity contribution in [3.05, 3.63) is 0 Å². The molecule has 2 atom stereocenters.